The topological polar surface area (TPSA) is 48.5 Å². The van der Waals surface area contributed by atoms with Crippen LogP contribution in [0.4, 0.5) is 11.5 Å². The molecule has 0 aliphatic rings. The van der Waals surface area contributed by atoms with E-state index in [1.807, 2.05) is 51.5 Å². The number of amides is 1. The quantitative estimate of drug-likeness (QED) is 0.889. The summed E-state index contributed by atoms with van der Waals surface area (Å²) in [6.07, 6.45) is 1.77. The lowest BCUT2D eigenvalue weighted by molar-refractivity contribution is 0.102. The average molecular weight is 298 g/mol. The first-order chi connectivity index (χ1) is 10.6. The molecule has 5 nitrogen and oxygen atoms in total. The van der Waals surface area contributed by atoms with Crippen LogP contribution in [0.5, 0.6) is 0 Å². The highest BCUT2D eigenvalue weighted by Gasteiger charge is 2.07. The highest BCUT2D eigenvalue weighted by atomic mass is 16.1. The van der Waals surface area contributed by atoms with Gasteiger partial charge in [0.15, 0.2) is 0 Å². The molecule has 2 aromatic rings. The van der Waals surface area contributed by atoms with Gasteiger partial charge in [-0.25, -0.2) is 4.98 Å². The van der Waals surface area contributed by atoms with Crippen LogP contribution in [0.2, 0.25) is 0 Å². The highest BCUT2D eigenvalue weighted by Crippen LogP contribution is 2.14. The Morgan fingerprint density at radius 3 is 2.36 bits per heavy atom. The van der Waals surface area contributed by atoms with E-state index in [9.17, 15) is 4.79 Å². The summed E-state index contributed by atoms with van der Waals surface area (Å²) in [5, 5.41) is 2.80. The van der Waals surface area contributed by atoms with Crippen LogP contribution in [0.3, 0.4) is 0 Å². The second kappa shape index (κ2) is 7.56. The molecule has 1 amide bonds. The number of carbonyl (C=O) groups excluding carboxylic acids is 1. The number of likely N-dealkylation sites (N-methyl/N-ethyl adjacent to an activating group) is 2. The van der Waals surface area contributed by atoms with Gasteiger partial charge in [0.1, 0.15) is 5.82 Å². The van der Waals surface area contributed by atoms with Crippen molar-refractivity contribution >= 4 is 17.4 Å². The van der Waals surface area contributed by atoms with E-state index in [0.717, 1.165) is 18.8 Å². The molecule has 0 radical (unpaired) electrons. The average Bonchev–Trinajstić information content (AvgIpc) is 2.54. The summed E-state index contributed by atoms with van der Waals surface area (Å²) in [7, 11) is 6.13. The first-order valence-electron chi connectivity index (χ1n) is 7.24. The Bertz CT molecular complexity index is 596. The van der Waals surface area contributed by atoms with E-state index in [1.165, 1.54) is 0 Å². The number of benzene rings is 1. The van der Waals surface area contributed by atoms with Gasteiger partial charge in [-0.15, -0.1) is 0 Å². The van der Waals surface area contributed by atoms with Crippen LogP contribution >= 0.6 is 0 Å². The van der Waals surface area contributed by atoms with E-state index < -0.39 is 0 Å². The summed E-state index contributed by atoms with van der Waals surface area (Å²) in [4.78, 5) is 20.6. The van der Waals surface area contributed by atoms with Crippen molar-refractivity contribution in [2.75, 3.05) is 44.4 Å². The lowest BCUT2D eigenvalue weighted by Gasteiger charge is -2.21. The molecule has 0 saturated heterocycles. The minimum Gasteiger partial charge on any atom is -0.372 e. The van der Waals surface area contributed by atoms with E-state index in [-0.39, 0.29) is 5.91 Å². The Labute approximate surface area is 131 Å². The van der Waals surface area contributed by atoms with Gasteiger partial charge in [0.25, 0.3) is 5.91 Å². The molecule has 0 aliphatic heterocycles. The number of hydrogen-bond acceptors (Lipinski definition) is 4. The van der Waals surface area contributed by atoms with E-state index in [4.69, 9.17) is 0 Å². The third kappa shape index (κ3) is 4.56. The Kier molecular flexibility index (Phi) is 5.49. The third-order valence-corrected chi connectivity index (χ3v) is 3.35. The fourth-order valence-electron chi connectivity index (χ4n) is 1.94. The minimum atomic E-state index is -0.151. The predicted octanol–water partition coefficient (Wildman–Crippen LogP) is 2.33. The number of carbonyl (C=O) groups is 1. The van der Waals surface area contributed by atoms with Crippen LogP contribution < -0.4 is 10.2 Å². The molecule has 0 atom stereocenters. The smallest absolute Gasteiger partial charge is 0.256 e. The molecular weight excluding hydrogens is 276 g/mol. The largest absolute Gasteiger partial charge is 0.372 e. The standard InChI is InChI=1S/C17H22N4O/c1-20(2)11-12-21(3)15-9-10-16(18-13-15)19-17(22)14-7-5-4-6-8-14/h4-10,13H,11-12H2,1-3H3,(H,18,19,22). The van der Waals surface area contributed by atoms with E-state index in [2.05, 4.69) is 20.1 Å². The van der Waals surface area contributed by atoms with Crippen LogP contribution in [0.15, 0.2) is 48.7 Å². The number of rotatable bonds is 6. The van der Waals surface area contributed by atoms with Crippen molar-refractivity contribution in [2.45, 2.75) is 0 Å². The van der Waals surface area contributed by atoms with Gasteiger partial charge in [0, 0.05) is 25.7 Å². The van der Waals surface area contributed by atoms with Crippen LogP contribution in [0.1, 0.15) is 10.4 Å². The zero-order valence-electron chi connectivity index (χ0n) is 13.3. The molecule has 0 unspecified atom stereocenters. The summed E-state index contributed by atoms with van der Waals surface area (Å²) < 4.78 is 0. The summed E-state index contributed by atoms with van der Waals surface area (Å²) >= 11 is 0. The summed E-state index contributed by atoms with van der Waals surface area (Å²) in [6, 6.07) is 12.9. The Balaban J connectivity index is 1.96. The lowest BCUT2D eigenvalue weighted by Crippen LogP contribution is -2.28. The molecule has 0 aliphatic carbocycles. The Morgan fingerprint density at radius 1 is 1.05 bits per heavy atom. The van der Waals surface area contributed by atoms with Crippen molar-refractivity contribution in [3.63, 3.8) is 0 Å². The van der Waals surface area contributed by atoms with Crippen LogP contribution in [0.25, 0.3) is 0 Å². The van der Waals surface area contributed by atoms with Gasteiger partial charge < -0.3 is 15.1 Å². The van der Waals surface area contributed by atoms with Gasteiger partial charge in [-0.1, -0.05) is 18.2 Å². The molecule has 0 spiro atoms. The van der Waals surface area contributed by atoms with Crippen LogP contribution in [0, 0.1) is 0 Å². The van der Waals surface area contributed by atoms with E-state index >= 15 is 0 Å². The number of nitrogens with one attached hydrogen (secondary N) is 1. The molecule has 0 fully saturated rings. The van der Waals surface area contributed by atoms with Gasteiger partial charge in [-0.3, -0.25) is 4.79 Å². The van der Waals surface area contributed by atoms with Crippen molar-refractivity contribution in [1.82, 2.24) is 9.88 Å². The van der Waals surface area contributed by atoms with Gasteiger partial charge in [-0.05, 0) is 38.4 Å². The second-order valence-corrected chi connectivity index (χ2v) is 5.45. The number of hydrogen-bond donors (Lipinski definition) is 1. The zero-order chi connectivity index (χ0) is 15.9. The molecule has 0 saturated carbocycles. The fraction of sp³-hybridized carbons (Fsp3) is 0.294. The number of pyridine rings is 1. The molecule has 1 aromatic carbocycles. The predicted molar refractivity (Wildman–Crippen MR) is 90.5 cm³/mol. The molecule has 1 N–H and O–H groups in total. The summed E-state index contributed by atoms with van der Waals surface area (Å²) in [5.41, 5.74) is 1.65. The van der Waals surface area contributed by atoms with Crippen molar-refractivity contribution < 1.29 is 4.79 Å². The maximum absolute atomic E-state index is 12.0. The monoisotopic (exact) mass is 298 g/mol. The normalized spacial score (nSPS) is 10.5. The Morgan fingerprint density at radius 2 is 1.77 bits per heavy atom. The minimum absolute atomic E-state index is 0.151. The number of aromatic nitrogens is 1. The van der Waals surface area contributed by atoms with Crippen LogP contribution in [-0.2, 0) is 0 Å². The molecule has 5 heteroatoms. The SMILES string of the molecule is CN(C)CCN(C)c1ccc(NC(=O)c2ccccc2)nc1. The summed E-state index contributed by atoms with van der Waals surface area (Å²) in [5.74, 6) is 0.403. The van der Waals surface area contributed by atoms with Gasteiger partial charge in [0.05, 0.1) is 11.9 Å². The molecule has 116 valence electrons. The first-order valence-corrected chi connectivity index (χ1v) is 7.24. The maximum Gasteiger partial charge on any atom is 0.256 e. The molecule has 1 aromatic heterocycles. The zero-order valence-corrected chi connectivity index (χ0v) is 13.3. The van der Waals surface area contributed by atoms with Gasteiger partial charge in [0.2, 0.25) is 0 Å². The van der Waals surface area contributed by atoms with Crippen molar-refractivity contribution in [3.8, 4) is 0 Å². The highest BCUT2D eigenvalue weighted by molar-refractivity contribution is 6.03. The van der Waals surface area contributed by atoms with Crippen LogP contribution in [-0.4, -0.2) is 50.0 Å². The second-order valence-electron chi connectivity index (χ2n) is 5.45. The Hall–Kier alpha value is -2.40. The molecule has 22 heavy (non-hydrogen) atoms. The first kappa shape index (κ1) is 16.0. The summed E-state index contributed by atoms with van der Waals surface area (Å²) in [6.45, 7) is 1.90. The number of nitrogens with zero attached hydrogens (tertiary/aromatic N) is 3. The third-order valence-electron chi connectivity index (χ3n) is 3.35. The number of anilines is 2. The van der Waals surface area contributed by atoms with E-state index in [0.29, 0.717) is 11.4 Å². The molecule has 0 bridgehead atoms. The van der Waals surface area contributed by atoms with E-state index in [1.54, 1.807) is 18.3 Å². The molecule has 1 heterocycles. The van der Waals surface area contributed by atoms with Crippen molar-refractivity contribution in [2.24, 2.45) is 0 Å². The molecular formula is C17H22N4O. The van der Waals surface area contributed by atoms with Gasteiger partial charge >= 0.3 is 0 Å². The molecule has 2 rings (SSSR count). The van der Waals surface area contributed by atoms with Gasteiger partial charge in [-0.2, -0.15) is 0 Å². The van der Waals surface area contributed by atoms with Crippen molar-refractivity contribution in [3.05, 3.63) is 54.2 Å². The van der Waals surface area contributed by atoms with Crippen molar-refractivity contribution in [1.29, 1.82) is 0 Å². The maximum atomic E-state index is 12.0. The fourth-order valence-corrected chi connectivity index (χ4v) is 1.94. The lowest BCUT2D eigenvalue weighted by atomic mass is 10.2.